The predicted octanol–water partition coefficient (Wildman–Crippen LogP) is 4.34. The zero-order chi connectivity index (χ0) is 15.0. The monoisotopic (exact) mass is 298 g/mol. The maximum absolute atomic E-state index is 5.34. The summed E-state index contributed by atoms with van der Waals surface area (Å²) in [6.07, 6.45) is 3.13. The van der Waals surface area contributed by atoms with Crippen molar-refractivity contribution in [2.45, 2.75) is 26.7 Å². The summed E-state index contributed by atoms with van der Waals surface area (Å²) in [6, 6.07) is 4.29. The van der Waals surface area contributed by atoms with Gasteiger partial charge in [-0.05, 0) is 41.5 Å². The molecule has 3 N–H and O–H groups in total. The predicted molar refractivity (Wildman–Crippen MR) is 90.6 cm³/mol. The zero-order valence-electron chi connectivity index (χ0n) is 12.3. The van der Waals surface area contributed by atoms with Crippen molar-refractivity contribution in [1.82, 2.24) is 9.97 Å². The van der Waals surface area contributed by atoms with E-state index in [1.807, 2.05) is 13.1 Å². The molecule has 3 rings (SSSR count). The Labute approximate surface area is 127 Å². The highest BCUT2D eigenvalue weighted by Gasteiger charge is 2.17. The molecule has 0 spiro atoms. The molecule has 0 saturated heterocycles. The number of nitrogens with one attached hydrogen (secondary N) is 1. The number of aryl methyl sites for hydroxylation is 1. The normalized spacial score (nSPS) is 12.0. The Hall–Kier alpha value is -2.14. The first kappa shape index (κ1) is 13.8. The van der Waals surface area contributed by atoms with Gasteiger partial charge >= 0.3 is 0 Å². The first-order valence-electron chi connectivity index (χ1n) is 6.92. The number of hydrogen-bond acceptors (Lipinski definition) is 3. The number of rotatable bonds is 3. The van der Waals surface area contributed by atoms with Crippen LogP contribution in [0, 0.1) is 6.92 Å². The fourth-order valence-corrected chi connectivity index (χ4v) is 3.48. The molecule has 0 atom stereocenters. The second-order valence-corrected chi connectivity index (χ2v) is 6.29. The van der Waals surface area contributed by atoms with Crippen molar-refractivity contribution < 1.29 is 0 Å². The first-order chi connectivity index (χ1) is 10.1. The summed E-state index contributed by atoms with van der Waals surface area (Å²) < 4.78 is 0. The molecule has 108 valence electrons. The maximum Gasteiger partial charge on any atom is 0.156 e. The van der Waals surface area contributed by atoms with Gasteiger partial charge in [0.25, 0.3) is 0 Å². The third-order valence-corrected chi connectivity index (χ3v) is 4.41. The number of pyridine rings is 1. The van der Waals surface area contributed by atoms with E-state index in [9.17, 15) is 0 Å². The van der Waals surface area contributed by atoms with E-state index in [0.29, 0.717) is 11.7 Å². The lowest BCUT2D eigenvalue weighted by atomic mass is 9.97. The van der Waals surface area contributed by atoms with Crippen molar-refractivity contribution in [2.24, 2.45) is 10.7 Å². The van der Waals surface area contributed by atoms with Crippen molar-refractivity contribution in [3.8, 4) is 11.3 Å². The molecule has 21 heavy (non-hydrogen) atoms. The van der Waals surface area contributed by atoms with Crippen LogP contribution in [-0.4, -0.2) is 16.3 Å². The summed E-state index contributed by atoms with van der Waals surface area (Å²) in [5.41, 5.74) is 9.96. The Kier molecular flexibility index (Phi) is 3.51. The van der Waals surface area contributed by atoms with Crippen LogP contribution in [0.4, 0.5) is 5.82 Å². The van der Waals surface area contributed by atoms with Crippen LogP contribution >= 0.6 is 11.3 Å². The molecular weight excluding hydrogens is 280 g/mol. The molecule has 0 saturated carbocycles. The Morgan fingerprint density at radius 2 is 2.24 bits per heavy atom. The van der Waals surface area contributed by atoms with Crippen LogP contribution in [0.1, 0.15) is 30.9 Å². The Morgan fingerprint density at radius 1 is 1.43 bits per heavy atom. The van der Waals surface area contributed by atoms with Gasteiger partial charge in [-0.1, -0.05) is 13.8 Å². The number of H-pyrrole nitrogens is 1. The molecule has 0 unspecified atom stereocenters. The summed E-state index contributed by atoms with van der Waals surface area (Å²) in [5.74, 6) is 1.12. The number of hydrogen-bond donors (Lipinski definition) is 2. The fourth-order valence-electron chi connectivity index (χ4n) is 2.67. The second-order valence-electron chi connectivity index (χ2n) is 5.37. The third kappa shape index (κ3) is 2.34. The summed E-state index contributed by atoms with van der Waals surface area (Å²) in [7, 11) is 0. The van der Waals surface area contributed by atoms with Gasteiger partial charge < -0.3 is 10.7 Å². The second kappa shape index (κ2) is 5.33. The van der Waals surface area contributed by atoms with Crippen LogP contribution in [0.25, 0.3) is 21.5 Å². The lowest BCUT2D eigenvalue weighted by Gasteiger charge is -2.09. The minimum Gasteiger partial charge on any atom is -0.390 e. The van der Waals surface area contributed by atoms with Gasteiger partial charge in [0.1, 0.15) is 4.83 Å². The van der Waals surface area contributed by atoms with Crippen molar-refractivity contribution in [3.05, 3.63) is 34.8 Å². The highest BCUT2D eigenvalue weighted by molar-refractivity contribution is 7.16. The average Bonchev–Trinajstić information content (AvgIpc) is 3.00. The van der Waals surface area contributed by atoms with Crippen molar-refractivity contribution in [3.63, 3.8) is 0 Å². The van der Waals surface area contributed by atoms with Crippen LogP contribution in [0.5, 0.6) is 0 Å². The Morgan fingerprint density at radius 3 is 2.90 bits per heavy atom. The quantitative estimate of drug-likeness (QED) is 0.558. The van der Waals surface area contributed by atoms with Crippen molar-refractivity contribution >= 4 is 33.7 Å². The van der Waals surface area contributed by atoms with E-state index in [1.54, 1.807) is 11.3 Å². The van der Waals surface area contributed by atoms with Crippen LogP contribution < -0.4 is 5.73 Å². The summed E-state index contributed by atoms with van der Waals surface area (Å²) >= 11 is 1.73. The number of nitrogens with two attached hydrogens (primary N) is 1. The molecule has 0 radical (unpaired) electrons. The highest BCUT2D eigenvalue weighted by Crippen LogP contribution is 2.38. The van der Waals surface area contributed by atoms with Gasteiger partial charge in [-0.25, -0.2) is 9.98 Å². The van der Waals surface area contributed by atoms with E-state index in [4.69, 9.17) is 5.73 Å². The molecule has 3 aromatic heterocycles. The SMILES string of the molecule is Cc1cc(-c2[nH]c3sccc3c2C(C)C)cnc1N=CN. The van der Waals surface area contributed by atoms with E-state index in [-0.39, 0.29) is 0 Å². The number of aromatic amines is 1. The topological polar surface area (TPSA) is 67.1 Å². The molecular formula is C16H18N4S. The highest BCUT2D eigenvalue weighted by atomic mass is 32.1. The smallest absolute Gasteiger partial charge is 0.156 e. The molecule has 0 bridgehead atoms. The van der Waals surface area contributed by atoms with Crippen LogP contribution in [0.15, 0.2) is 28.7 Å². The van der Waals surface area contributed by atoms with Gasteiger partial charge in [0, 0.05) is 17.1 Å². The van der Waals surface area contributed by atoms with Gasteiger partial charge in [-0.15, -0.1) is 11.3 Å². The minimum absolute atomic E-state index is 0.449. The van der Waals surface area contributed by atoms with Crippen LogP contribution in [0.3, 0.4) is 0 Å². The maximum atomic E-state index is 5.34. The Bertz CT molecular complexity index is 811. The standard InChI is InChI=1S/C16H18N4S/c1-9(2)13-12-4-5-21-16(12)20-14(13)11-6-10(3)15(18-7-11)19-8-17/h4-9,20H,1-3H3,(H2,17,18,19). The van der Waals surface area contributed by atoms with Gasteiger partial charge in [0.05, 0.1) is 12.0 Å². The van der Waals surface area contributed by atoms with E-state index in [0.717, 1.165) is 16.8 Å². The largest absolute Gasteiger partial charge is 0.390 e. The van der Waals surface area contributed by atoms with Crippen LogP contribution in [0.2, 0.25) is 0 Å². The van der Waals surface area contributed by atoms with Gasteiger partial charge in [0.15, 0.2) is 5.82 Å². The van der Waals surface area contributed by atoms with E-state index in [1.165, 1.54) is 22.1 Å². The summed E-state index contributed by atoms with van der Waals surface area (Å²) in [4.78, 5) is 13.2. The molecule has 3 aromatic rings. The van der Waals surface area contributed by atoms with Crippen molar-refractivity contribution in [1.29, 1.82) is 0 Å². The van der Waals surface area contributed by atoms with Crippen molar-refractivity contribution in [2.75, 3.05) is 0 Å². The van der Waals surface area contributed by atoms with Crippen LogP contribution in [-0.2, 0) is 0 Å². The first-order valence-corrected chi connectivity index (χ1v) is 7.80. The van der Waals surface area contributed by atoms with Gasteiger partial charge in [-0.2, -0.15) is 0 Å². The molecule has 3 heterocycles. The molecule has 0 aliphatic carbocycles. The lowest BCUT2D eigenvalue weighted by Crippen LogP contribution is -1.93. The number of fused-ring (bicyclic) bond motifs is 1. The van der Waals surface area contributed by atoms with Gasteiger partial charge in [0.2, 0.25) is 0 Å². The molecule has 0 fully saturated rings. The number of thiophene rings is 1. The van der Waals surface area contributed by atoms with Gasteiger partial charge in [-0.3, -0.25) is 0 Å². The molecule has 0 aliphatic heterocycles. The van der Waals surface area contributed by atoms with E-state index >= 15 is 0 Å². The molecule has 0 aliphatic rings. The number of nitrogens with zero attached hydrogens (tertiary/aromatic N) is 2. The number of aliphatic imine (C=N–C) groups is 1. The average molecular weight is 298 g/mol. The summed E-state index contributed by atoms with van der Waals surface area (Å²) in [5, 5.41) is 3.44. The molecule has 5 heteroatoms. The minimum atomic E-state index is 0.449. The Balaban J connectivity index is 2.18. The lowest BCUT2D eigenvalue weighted by molar-refractivity contribution is 0.878. The number of aromatic nitrogens is 2. The molecule has 0 aromatic carbocycles. The third-order valence-electron chi connectivity index (χ3n) is 3.58. The summed E-state index contributed by atoms with van der Waals surface area (Å²) in [6.45, 7) is 6.44. The fraction of sp³-hybridized carbons (Fsp3) is 0.250. The van der Waals surface area contributed by atoms with E-state index < -0.39 is 0 Å². The van der Waals surface area contributed by atoms with E-state index in [2.05, 4.69) is 46.3 Å². The zero-order valence-corrected chi connectivity index (χ0v) is 13.2. The molecule has 0 amide bonds. The molecule has 4 nitrogen and oxygen atoms in total.